The molecule has 0 fully saturated rings. The smallest absolute Gasteiger partial charge is 0.304 e. The molecule has 0 heterocycles. The van der Waals surface area contributed by atoms with E-state index in [-0.39, 0.29) is 6.42 Å². The highest BCUT2D eigenvalue weighted by atomic mass is 16.6. The minimum Gasteiger partial charge on any atom is -0.493 e. The Labute approximate surface area is 121 Å². The van der Waals surface area contributed by atoms with E-state index in [0.717, 1.165) is 0 Å². The summed E-state index contributed by atoms with van der Waals surface area (Å²) < 4.78 is 15.5. The Hall–Kier alpha value is -2.51. The van der Waals surface area contributed by atoms with E-state index in [1.807, 2.05) is 0 Å². The number of hydrogen-bond donors (Lipinski definition) is 1. The quantitative estimate of drug-likeness (QED) is 0.573. The zero-order valence-electron chi connectivity index (χ0n) is 12.0. The van der Waals surface area contributed by atoms with Crippen molar-refractivity contribution in [1.82, 2.24) is 0 Å². The topological polar surface area (TPSA) is 108 Å². The maximum Gasteiger partial charge on any atom is 0.304 e. The summed E-state index contributed by atoms with van der Waals surface area (Å²) >= 11 is 0. The van der Waals surface area contributed by atoms with Crippen LogP contribution in [0.15, 0.2) is 12.1 Å². The molecule has 0 spiro atoms. The second kappa shape index (κ2) is 7.32. The van der Waals surface area contributed by atoms with Crippen LogP contribution in [0, 0.1) is 10.1 Å². The zero-order chi connectivity index (χ0) is 16.0. The van der Waals surface area contributed by atoms with Crippen LogP contribution in [0.4, 0.5) is 0 Å². The molecule has 0 radical (unpaired) electrons. The van der Waals surface area contributed by atoms with Crippen LogP contribution in [0.1, 0.15) is 17.9 Å². The van der Waals surface area contributed by atoms with Crippen LogP contribution in [-0.2, 0) is 4.79 Å². The predicted molar refractivity (Wildman–Crippen MR) is 73.0 cm³/mol. The molecule has 0 saturated heterocycles. The van der Waals surface area contributed by atoms with Gasteiger partial charge in [-0.05, 0) is 17.7 Å². The first kappa shape index (κ1) is 16.5. The molecule has 0 aliphatic heterocycles. The first-order valence-corrected chi connectivity index (χ1v) is 6.06. The Morgan fingerprint density at radius 3 is 2.10 bits per heavy atom. The number of aliphatic carboxylic acids is 1. The van der Waals surface area contributed by atoms with E-state index in [1.54, 1.807) is 0 Å². The van der Waals surface area contributed by atoms with Crippen molar-refractivity contribution in [2.75, 3.05) is 27.9 Å². The van der Waals surface area contributed by atoms with Gasteiger partial charge in [-0.25, -0.2) is 0 Å². The minimum atomic E-state index is -1.12. The summed E-state index contributed by atoms with van der Waals surface area (Å²) in [5.74, 6) is -0.906. The van der Waals surface area contributed by atoms with Gasteiger partial charge in [0.05, 0.1) is 33.7 Å². The van der Waals surface area contributed by atoms with Gasteiger partial charge < -0.3 is 19.3 Å². The molecule has 8 nitrogen and oxygen atoms in total. The molecule has 0 bridgehead atoms. The Balaban J connectivity index is 3.29. The molecular formula is C13H17NO7. The van der Waals surface area contributed by atoms with Crippen molar-refractivity contribution >= 4 is 5.97 Å². The van der Waals surface area contributed by atoms with E-state index in [1.165, 1.54) is 33.5 Å². The fraction of sp³-hybridized carbons (Fsp3) is 0.462. The number of nitro groups is 1. The lowest BCUT2D eigenvalue weighted by Crippen LogP contribution is -2.16. The van der Waals surface area contributed by atoms with Gasteiger partial charge in [0.25, 0.3) is 0 Å². The molecule has 8 heteroatoms. The average molecular weight is 299 g/mol. The molecule has 0 aliphatic carbocycles. The van der Waals surface area contributed by atoms with E-state index in [9.17, 15) is 14.9 Å². The summed E-state index contributed by atoms with van der Waals surface area (Å²) in [6.45, 7) is -0.495. The van der Waals surface area contributed by atoms with Crippen molar-refractivity contribution in [3.8, 4) is 17.2 Å². The molecule has 0 aromatic heterocycles. The third kappa shape index (κ3) is 4.23. The first-order chi connectivity index (χ1) is 9.92. The number of benzene rings is 1. The Bertz CT molecular complexity index is 488. The number of rotatable bonds is 8. The van der Waals surface area contributed by atoms with Gasteiger partial charge in [-0.1, -0.05) is 0 Å². The average Bonchev–Trinajstić information content (AvgIpc) is 2.43. The Kier molecular flexibility index (Phi) is 5.77. The van der Waals surface area contributed by atoms with Gasteiger partial charge >= 0.3 is 5.97 Å². The summed E-state index contributed by atoms with van der Waals surface area (Å²) in [6, 6.07) is 3.05. The number of carboxylic acids is 1. The minimum absolute atomic E-state index is 0.325. The fourth-order valence-corrected chi connectivity index (χ4v) is 2.02. The maximum atomic E-state index is 10.9. The summed E-state index contributed by atoms with van der Waals surface area (Å²) in [5.41, 5.74) is 0.448. The molecule has 0 aliphatic rings. The summed E-state index contributed by atoms with van der Waals surface area (Å²) in [4.78, 5) is 21.1. The van der Waals surface area contributed by atoms with Gasteiger partial charge in [-0.3, -0.25) is 14.9 Å². The van der Waals surface area contributed by atoms with Crippen LogP contribution in [0.3, 0.4) is 0 Å². The molecule has 1 atom stereocenters. The van der Waals surface area contributed by atoms with Crippen molar-refractivity contribution in [1.29, 1.82) is 0 Å². The van der Waals surface area contributed by atoms with Gasteiger partial charge in [0.15, 0.2) is 11.5 Å². The van der Waals surface area contributed by atoms with Gasteiger partial charge in [-0.2, -0.15) is 0 Å². The Morgan fingerprint density at radius 1 is 1.24 bits per heavy atom. The van der Waals surface area contributed by atoms with E-state index in [0.29, 0.717) is 22.8 Å². The molecular weight excluding hydrogens is 282 g/mol. The lowest BCUT2D eigenvalue weighted by molar-refractivity contribution is -0.483. The maximum absolute atomic E-state index is 10.9. The van der Waals surface area contributed by atoms with Crippen molar-refractivity contribution in [3.63, 3.8) is 0 Å². The van der Waals surface area contributed by atoms with Crippen LogP contribution in [0.2, 0.25) is 0 Å². The Morgan fingerprint density at radius 2 is 1.76 bits per heavy atom. The standard InChI is InChI=1S/C13H17NO7/c1-19-10-4-8(5-11(20-2)13(10)21-3)9(6-12(15)16)7-14(17)18/h4-5,9H,6-7H2,1-3H3,(H,15,16)/t9-/m1/s1. The third-order valence-corrected chi connectivity index (χ3v) is 2.95. The normalized spacial score (nSPS) is 11.6. The van der Waals surface area contributed by atoms with E-state index < -0.39 is 23.4 Å². The first-order valence-electron chi connectivity index (χ1n) is 6.06. The number of hydrogen-bond acceptors (Lipinski definition) is 6. The van der Waals surface area contributed by atoms with Crippen LogP contribution in [-0.4, -0.2) is 43.9 Å². The van der Waals surface area contributed by atoms with E-state index in [2.05, 4.69) is 0 Å². The van der Waals surface area contributed by atoms with Crippen molar-refractivity contribution in [2.24, 2.45) is 0 Å². The SMILES string of the molecule is COc1cc([C@H](CC(=O)O)C[N+](=O)[O-])cc(OC)c1OC. The van der Waals surface area contributed by atoms with E-state index in [4.69, 9.17) is 19.3 Å². The number of ether oxygens (including phenoxy) is 3. The number of methoxy groups -OCH3 is 3. The molecule has 1 aromatic rings. The van der Waals surface area contributed by atoms with Crippen LogP contribution in [0.25, 0.3) is 0 Å². The molecule has 116 valence electrons. The second-order valence-corrected chi connectivity index (χ2v) is 4.27. The molecule has 0 unspecified atom stereocenters. The summed E-state index contributed by atoms with van der Waals surface area (Å²) in [7, 11) is 4.27. The van der Waals surface area contributed by atoms with Crippen LogP contribution < -0.4 is 14.2 Å². The number of carbonyl (C=O) groups is 1. The summed E-state index contributed by atoms with van der Waals surface area (Å²) in [6.07, 6.45) is -0.361. The summed E-state index contributed by atoms with van der Waals surface area (Å²) in [5, 5.41) is 19.6. The van der Waals surface area contributed by atoms with Crippen LogP contribution >= 0.6 is 0 Å². The second-order valence-electron chi connectivity index (χ2n) is 4.27. The molecule has 1 aromatic carbocycles. The molecule has 1 rings (SSSR count). The lowest BCUT2D eigenvalue weighted by Gasteiger charge is -2.17. The largest absolute Gasteiger partial charge is 0.493 e. The zero-order valence-corrected chi connectivity index (χ0v) is 12.0. The number of carboxylic acid groups (broad SMARTS) is 1. The van der Waals surface area contributed by atoms with Gasteiger partial charge in [0.1, 0.15) is 0 Å². The monoisotopic (exact) mass is 299 g/mol. The highest BCUT2D eigenvalue weighted by Crippen LogP contribution is 2.40. The molecule has 21 heavy (non-hydrogen) atoms. The molecule has 1 N–H and O–H groups in total. The third-order valence-electron chi connectivity index (χ3n) is 2.95. The predicted octanol–water partition coefficient (Wildman–Crippen LogP) is 1.55. The molecule has 0 saturated carbocycles. The van der Waals surface area contributed by atoms with Crippen LogP contribution in [0.5, 0.6) is 17.2 Å². The highest BCUT2D eigenvalue weighted by Gasteiger charge is 2.24. The highest BCUT2D eigenvalue weighted by molar-refractivity contribution is 5.68. The van der Waals surface area contributed by atoms with Crippen molar-refractivity contribution < 1.29 is 29.0 Å². The lowest BCUT2D eigenvalue weighted by atomic mass is 9.95. The van der Waals surface area contributed by atoms with E-state index >= 15 is 0 Å². The van der Waals surface area contributed by atoms with Gasteiger partial charge in [0.2, 0.25) is 12.3 Å². The molecule has 0 amide bonds. The van der Waals surface area contributed by atoms with Gasteiger partial charge in [-0.15, -0.1) is 0 Å². The van der Waals surface area contributed by atoms with Crippen molar-refractivity contribution in [3.05, 3.63) is 27.8 Å². The fourth-order valence-electron chi connectivity index (χ4n) is 2.02. The van der Waals surface area contributed by atoms with Gasteiger partial charge in [0, 0.05) is 4.92 Å². The number of nitrogens with zero attached hydrogens (tertiary/aromatic N) is 1. The van der Waals surface area contributed by atoms with Crippen molar-refractivity contribution in [2.45, 2.75) is 12.3 Å².